The molecular formula is C27H32N2O5. The van der Waals surface area contributed by atoms with Gasteiger partial charge in [0, 0.05) is 12.1 Å². The third kappa shape index (κ3) is 6.26. The summed E-state index contributed by atoms with van der Waals surface area (Å²) in [6.07, 6.45) is -0.573. The third-order valence-electron chi connectivity index (χ3n) is 5.36. The summed E-state index contributed by atoms with van der Waals surface area (Å²) in [6.45, 7) is 9.74. The van der Waals surface area contributed by atoms with Crippen molar-refractivity contribution in [3.8, 4) is 22.9 Å². The van der Waals surface area contributed by atoms with Gasteiger partial charge in [0.25, 0.3) is 0 Å². The van der Waals surface area contributed by atoms with Crippen molar-refractivity contribution < 1.29 is 24.1 Å². The van der Waals surface area contributed by atoms with Gasteiger partial charge >= 0.3 is 6.09 Å². The van der Waals surface area contributed by atoms with E-state index >= 15 is 0 Å². The normalized spacial score (nSPS) is 11.1. The van der Waals surface area contributed by atoms with Crippen LogP contribution in [0.1, 0.15) is 43.0 Å². The molecule has 0 fully saturated rings. The van der Waals surface area contributed by atoms with E-state index in [4.69, 9.17) is 14.2 Å². The van der Waals surface area contributed by atoms with Gasteiger partial charge in [0.15, 0.2) is 0 Å². The molecule has 0 aliphatic carbocycles. The molecule has 0 spiro atoms. The number of anilines is 1. The molecule has 2 N–H and O–H groups in total. The van der Waals surface area contributed by atoms with E-state index in [1.807, 2.05) is 38.1 Å². The zero-order chi connectivity index (χ0) is 24.9. The van der Waals surface area contributed by atoms with Crippen molar-refractivity contribution in [1.82, 2.24) is 4.98 Å². The summed E-state index contributed by atoms with van der Waals surface area (Å²) < 4.78 is 16.6. The van der Waals surface area contributed by atoms with Crippen molar-refractivity contribution in [1.29, 1.82) is 0 Å². The monoisotopic (exact) mass is 464 g/mol. The summed E-state index contributed by atoms with van der Waals surface area (Å²) in [5.74, 6) is 0.624. The van der Waals surface area contributed by atoms with E-state index in [2.05, 4.69) is 22.4 Å². The molecule has 180 valence electrons. The lowest BCUT2D eigenvalue weighted by Crippen LogP contribution is -2.27. The second-order valence-corrected chi connectivity index (χ2v) is 8.99. The van der Waals surface area contributed by atoms with Crippen LogP contribution in [0.5, 0.6) is 11.8 Å². The van der Waals surface area contributed by atoms with Gasteiger partial charge in [-0.15, -0.1) is 0 Å². The summed E-state index contributed by atoms with van der Waals surface area (Å²) in [5.41, 5.74) is 6.04. The number of carbonyl (C=O) groups excluding carboxylic acids is 1. The van der Waals surface area contributed by atoms with E-state index in [-0.39, 0.29) is 13.2 Å². The average Bonchev–Trinajstić information content (AvgIpc) is 2.77. The van der Waals surface area contributed by atoms with Gasteiger partial charge in [-0.3, -0.25) is 5.32 Å². The van der Waals surface area contributed by atoms with Gasteiger partial charge in [-0.2, -0.15) is 4.98 Å². The number of nitrogens with zero attached hydrogens (tertiary/aromatic N) is 1. The van der Waals surface area contributed by atoms with Crippen LogP contribution in [0.2, 0.25) is 0 Å². The molecule has 0 saturated heterocycles. The third-order valence-corrected chi connectivity index (χ3v) is 5.36. The molecule has 0 radical (unpaired) electrons. The molecular weight excluding hydrogens is 432 g/mol. The zero-order valence-corrected chi connectivity index (χ0v) is 20.6. The van der Waals surface area contributed by atoms with Crippen LogP contribution in [0, 0.1) is 13.8 Å². The van der Waals surface area contributed by atoms with Crippen LogP contribution >= 0.6 is 0 Å². The second kappa shape index (κ2) is 10.6. The Morgan fingerprint density at radius 1 is 0.971 bits per heavy atom. The number of pyridine rings is 1. The molecule has 1 heterocycles. The maximum atomic E-state index is 12.2. The number of hydrogen-bond acceptors (Lipinski definition) is 6. The molecule has 7 heteroatoms. The van der Waals surface area contributed by atoms with Crippen molar-refractivity contribution in [2.45, 2.75) is 53.4 Å². The Morgan fingerprint density at radius 2 is 1.56 bits per heavy atom. The lowest BCUT2D eigenvalue weighted by Gasteiger charge is -2.20. The fraction of sp³-hybridized carbons (Fsp3) is 0.333. The maximum absolute atomic E-state index is 12.2. The highest BCUT2D eigenvalue weighted by molar-refractivity contribution is 5.85. The predicted octanol–water partition coefficient (Wildman–Crippen LogP) is 5.79. The van der Waals surface area contributed by atoms with Crippen LogP contribution in [0.15, 0.2) is 48.5 Å². The van der Waals surface area contributed by atoms with E-state index in [0.29, 0.717) is 17.4 Å². The predicted molar refractivity (Wildman–Crippen MR) is 132 cm³/mol. The van der Waals surface area contributed by atoms with Crippen LogP contribution in [0.25, 0.3) is 11.1 Å². The van der Waals surface area contributed by atoms with Crippen molar-refractivity contribution >= 4 is 11.8 Å². The highest BCUT2D eigenvalue weighted by Gasteiger charge is 2.17. The lowest BCUT2D eigenvalue weighted by atomic mass is 9.92. The lowest BCUT2D eigenvalue weighted by molar-refractivity contribution is 0.0636. The molecule has 2 aromatic carbocycles. The number of aliphatic hydroxyl groups excluding tert-OH is 1. The van der Waals surface area contributed by atoms with Gasteiger partial charge in [0.2, 0.25) is 11.8 Å². The van der Waals surface area contributed by atoms with Crippen molar-refractivity contribution in [2.75, 3.05) is 12.4 Å². The summed E-state index contributed by atoms with van der Waals surface area (Å²) >= 11 is 0. The maximum Gasteiger partial charge on any atom is 0.412 e. The highest BCUT2D eigenvalue weighted by atomic mass is 16.6. The number of hydrogen-bond donors (Lipinski definition) is 2. The Labute approximate surface area is 200 Å². The largest absolute Gasteiger partial charge is 0.481 e. The minimum atomic E-state index is -0.613. The van der Waals surface area contributed by atoms with Crippen molar-refractivity contribution in [2.24, 2.45) is 0 Å². The van der Waals surface area contributed by atoms with Gasteiger partial charge in [0.05, 0.1) is 19.4 Å². The first-order chi connectivity index (χ1) is 16.1. The molecule has 3 rings (SSSR count). The molecule has 0 atom stereocenters. The molecule has 0 unspecified atom stereocenters. The molecule has 1 aromatic heterocycles. The Bertz CT molecular complexity index is 1170. The number of benzene rings is 2. The van der Waals surface area contributed by atoms with Gasteiger partial charge in [-0.05, 0) is 68.0 Å². The van der Waals surface area contributed by atoms with E-state index < -0.39 is 11.7 Å². The molecule has 7 nitrogen and oxygen atoms in total. The summed E-state index contributed by atoms with van der Waals surface area (Å²) in [7, 11) is 1.50. The first-order valence-corrected chi connectivity index (χ1v) is 11.1. The van der Waals surface area contributed by atoms with Gasteiger partial charge in [-0.1, -0.05) is 36.4 Å². The standard InChI is InChI=1S/C27H32N2O5/c1-17-19(15-30)9-7-11-22(17)23-12-8-10-20(18(23)2)16-33-25-14-21(13-24(29-25)32-6)28-26(31)34-27(3,4)5/h7-14,30H,15-16H2,1-6H3,(H,28,29,31). The fourth-order valence-electron chi connectivity index (χ4n) is 3.58. The minimum Gasteiger partial charge on any atom is -0.481 e. The average molecular weight is 465 g/mol. The van der Waals surface area contributed by atoms with Crippen molar-refractivity contribution in [3.63, 3.8) is 0 Å². The molecule has 0 aliphatic heterocycles. The first kappa shape index (κ1) is 25.1. The van der Waals surface area contributed by atoms with E-state index in [9.17, 15) is 9.90 Å². The first-order valence-electron chi connectivity index (χ1n) is 11.1. The number of carbonyl (C=O) groups is 1. The number of ether oxygens (including phenoxy) is 3. The Hall–Kier alpha value is -3.58. The molecule has 34 heavy (non-hydrogen) atoms. The van der Waals surface area contributed by atoms with Crippen LogP contribution in [-0.2, 0) is 18.0 Å². The van der Waals surface area contributed by atoms with Crippen LogP contribution in [0.3, 0.4) is 0 Å². The molecule has 0 saturated carbocycles. The Balaban J connectivity index is 1.82. The molecule has 3 aromatic rings. The van der Waals surface area contributed by atoms with E-state index in [1.165, 1.54) is 7.11 Å². The van der Waals surface area contributed by atoms with Gasteiger partial charge < -0.3 is 19.3 Å². The SMILES string of the molecule is COc1cc(NC(=O)OC(C)(C)C)cc(OCc2cccc(-c3cccc(CO)c3C)c2C)n1. The fourth-order valence-corrected chi connectivity index (χ4v) is 3.58. The summed E-state index contributed by atoms with van der Waals surface area (Å²) in [5, 5.41) is 12.3. The van der Waals surface area contributed by atoms with Crippen molar-refractivity contribution in [3.05, 3.63) is 70.8 Å². The highest BCUT2D eigenvalue weighted by Crippen LogP contribution is 2.31. The molecule has 1 amide bonds. The second-order valence-electron chi connectivity index (χ2n) is 8.99. The Morgan fingerprint density at radius 3 is 2.15 bits per heavy atom. The number of nitrogens with one attached hydrogen (secondary N) is 1. The number of rotatable bonds is 7. The van der Waals surface area contributed by atoms with Gasteiger partial charge in [-0.25, -0.2) is 4.79 Å². The summed E-state index contributed by atoms with van der Waals surface area (Å²) in [6, 6.07) is 15.2. The number of methoxy groups -OCH3 is 1. The van der Waals surface area contributed by atoms with Crippen LogP contribution in [0.4, 0.5) is 10.5 Å². The minimum absolute atomic E-state index is 0.00268. The number of amides is 1. The molecule has 0 bridgehead atoms. The van der Waals surface area contributed by atoms with Crippen LogP contribution in [-0.4, -0.2) is 28.9 Å². The summed E-state index contributed by atoms with van der Waals surface area (Å²) in [4.78, 5) is 16.5. The zero-order valence-electron chi connectivity index (χ0n) is 20.6. The number of aromatic nitrogens is 1. The number of aliphatic hydroxyl groups is 1. The van der Waals surface area contributed by atoms with E-state index in [0.717, 1.165) is 33.4 Å². The topological polar surface area (TPSA) is 89.9 Å². The van der Waals surface area contributed by atoms with Gasteiger partial charge in [0.1, 0.15) is 12.2 Å². The van der Waals surface area contributed by atoms with E-state index in [1.54, 1.807) is 32.9 Å². The van der Waals surface area contributed by atoms with Crippen LogP contribution < -0.4 is 14.8 Å². The smallest absolute Gasteiger partial charge is 0.412 e. The molecule has 0 aliphatic rings. The Kier molecular flexibility index (Phi) is 7.79. The quantitative estimate of drug-likeness (QED) is 0.460.